The maximum atomic E-state index is 13.2. The summed E-state index contributed by atoms with van der Waals surface area (Å²) in [5.74, 6) is -2.65. The van der Waals surface area contributed by atoms with Crippen molar-refractivity contribution >= 4 is 50.8 Å². The van der Waals surface area contributed by atoms with Gasteiger partial charge in [-0.15, -0.1) is 0 Å². The second-order valence-corrected chi connectivity index (χ2v) is 7.48. The number of esters is 1. The minimum absolute atomic E-state index is 0.0639. The zero-order valence-corrected chi connectivity index (χ0v) is 16.7. The number of aryl methyl sites for hydroxylation is 1. The number of amides is 2. The fourth-order valence-corrected chi connectivity index (χ4v) is 3.71. The minimum Gasteiger partial charge on any atom is -0.464 e. The predicted molar refractivity (Wildman–Crippen MR) is 107 cm³/mol. The van der Waals surface area contributed by atoms with Gasteiger partial charge in [-0.2, -0.15) is 5.10 Å². The lowest BCUT2D eigenvalue weighted by molar-refractivity contribution is -0.133. The molecule has 0 radical (unpaired) electrons. The van der Waals surface area contributed by atoms with E-state index >= 15 is 0 Å². The van der Waals surface area contributed by atoms with E-state index in [0.29, 0.717) is 11.4 Å². The molecule has 2 aromatic carbocycles. The number of fused-ring (bicyclic) bond motifs is 1. The molecule has 142 valence electrons. The largest absolute Gasteiger partial charge is 0.464 e. The second kappa shape index (κ2) is 6.87. The molecule has 1 saturated heterocycles. The van der Waals surface area contributed by atoms with E-state index in [-0.39, 0.29) is 5.71 Å². The van der Waals surface area contributed by atoms with Crippen LogP contribution in [0.2, 0.25) is 0 Å². The molecule has 0 N–H and O–H groups in total. The number of carbonyl (C=O) groups is 3. The monoisotopic (exact) mass is 441 g/mol. The van der Waals surface area contributed by atoms with E-state index < -0.39 is 29.7 Å². The summed E-state index contributed by atoms with van der Waals surface area (Å²) < 4.78 is 5.63. The Labute approximate surface area is 169 Å². The number of benzene rings is 2. The standard InChI is InChI=1S/C20H16BrN3O4/c1-11-3-7-14(8-4-11)24-17-15(16(22-24)20(27)28-2)18(25)23(19(17)26)13-9-5-12(21)6-10-13/h3-10,15,17H,1-2H3/t15-,17+/m1/s1. The first kappa shape index (κ1) is 18.4. The van der Waals surface area contributed by atoms with E-state index in [1.165, 1.54) is 12.1 Å². The summed E-state index contributed by atoms with van der Waals surface area (Å²) in [5, 5.41) is 5.73. The van der Waals surface area contributed by atoms with Crippen molar-refractivity contribution in [3.05, 3.63) is 58.6 Å². The third kappa shape index (κ3) is 2.80. The Morgan fingerprint density at radius 2 is 1.61 bits per heavy atom. The van der Waals surface area contributed by atoms with Crippen molar-refractivity contribution in [3.8, 4) is 0 Å². The van der Waals surface area contributed by atoms with Crippen molar-refractivity contribution in [2.75, 3.05) is 17.0 Å². The Morgan fingerprint density at radius 3 is 2.21 bits per heavy atom. The van der Waals surface area contributed by atoms with Gasteiger partial charge in [0.1, 0.15) is 12.0 Å². The smallest absolute Gasteiger partial charge is 0.355 e. The van der Waals surface area contributed by atoms with Gasteiger partial charge in [0.2, 0.25) is 5.91 Å². The number of anilines is 2. The molecule has 2 amide bonds. The average molecular weight is 442 g/mol. The summed E-state index contributed by atoms with van der Waals surface area (Å²) in [6.07, 6.45) is 0. The number of ether oxygens (including phenoxy) is 1. The summed E-state index contributed by atoms with van der Waals surface area (Å²) >= 11 is 3.34. The predicted octanol–water partition coefficient (Wildman–Crippen LogP) is 2.66. The number of carbonyl (C=O) groups excluding carboxylic acids is 3. The number of rotatable bonds is 3. The van der Waals surface area contributed by atoms with Gasteiger partial charge >= 0.3 is 5.97 Å². The van der Waals surface area contributed by atoms with E-state index in [0.717, 1.165) is 14.9 Å². The van der Waals surface area contributed by atoms with Gasteiger partial charge < -0.3 is 4.74 Å². The number of methoxy groups -OCH3 is 1. The topological polar surface area (TPSA) is 79.3 Å². The van der Waals surface area contributed by atoms with Gasteiger partial charge in [0.25, 0.3) is 5.91 Å². The Kier molecular flexibility index (Phi) is 4.50. The van der Waals surface area contributed by atoms with Crippen LogP contribution in [0.1, 0.15) is 5.56 Å². The van der Waals surface area contributed by atoms with Crippen molar-refractivity contribution < 1.29 is 19.1 Å². The molecule has 1 fully saturated rings. The quantitative estimate of drug-likeness (QED) is 0.540. The molecule has 2 atom stereocenters. The van der Waals surface area contributed by atoms with Crippen molar-refractivity contribution in [1.82, 2.24) is 0 Å². The van der Waals surface area contributed by atoms with Crippen LogP contribution in [0.5, 0.6) is 0 Å². The first-order valence-electron chi connectivity index (χ1n) is 8.58. The van der Waals surface area contributed by atoms with Gasteiger partial charge in [-0.05, 0) is 43.3 Å². The molecule has 7 nitrogen and oxygen atoms in total. The second-order valence-electron chi connectivity index (χ2n) is 6.57. The minimum atomic E-state index is -1.01. The highest BCUT2D eigenvalue weighted by molar-refractivity contribution is 9.10. The summed E-state index contributed by atoms with van der Waals surface area (Å²) in [4.78, 5) is 39.7. The third-order valence-electron chi connectivity index (χ3n) is 4.83. The van der Waals surface area contributed by atoms with Crippen LogP contribution in [0, 0.1) is 12.8 Å². The Balaban J connectivity index is 1.79. The van der Waals surface area contributed by atoms with Crippen LogP contribution in [-0.2, 0) is 19.1 Å². The normalized spacial score (nSPS) is 21.0. The molecule has 2 aromatic rings. The lowest BCUT2D eigenvalue weighted by atomic mass is 9.97. The van der Waals surface area contributed by atoms with Crippen LogP contribution in [0.15, 0.2) is 58.1 Å². The van der Waals surface area contributed by atoms with Crippen LogP contribution < -0.4 is 9.91 Å². The molecule has 0 bridgehead atoms. The van der Waals surface area contributed by atoms with E-state index in [1.807, 2.05) is 19.1 Å². The van der Waals surface area contributed by atoms with Gasteiger partial charge in [-0.3, -0.25) is 14.6 Å². The molecule has 0 spiro atoms. The number of imide groups is 1. The van der Waals surface area contributed by atoms with Crippen molar-refractivity contribution in [1.29, 1.82) is 0 Å². The molecule has 2 heterocycles. The molecule has 0 unspecified atom stereocenters. The van der Waals surface area contributed by atoms with Crippen LogP contribution >= 0.6 is 15.9 Å². The number of nitrogens with zero attached hydrogens (tertiary/aromatic N) is 3. The zero-order valence-electron chi connectivity index (χ0n) is 15.1. The van der Waals surface area contributed by atoms with Crippen molar-refractivity contribution in [3.63, 3.8) is 0 Å². The van der Waals surface area contributed by atoms with Crippen LogP contribution in [0.25, 0.3) is 0 Å². The van der Waals surface area contributed by atoms with Gasteiger partial charge in [0.15, 0.2) is 5.71 Å². The first-order chi connectivity index (χ1) is 13.4. The number of hydrogen-bond donors (Lipinski definition) is 0. The Hall–Kier alpha value is -3.00. The highest BCUT2D eigenvalue weighted by Gasteiger charge is 2.59. The Morgan fingerprint density at radius 1 is 1.00 bits per heavy atom. The zero-order chi connectivity index (χ0) is 20.0. The fourth-order valence-electron chi connectivity index (χ4n) is 3.44. The molecule has 2 aliphatic rings. The van der Waals surface area contributed by atoms with E-state index in [2.05, 4.69) is 21.0 Å². The summed E-state index contributed by atoms with van der Waals surface area (Å²) in [7, 11) is 1.22. The highest BCUT2D eigenvalue weighted by atomic mass is 79.9. The van der Waals surface area contributed by atoms with Crippen molar-refractivity contribution in [2.45, 2.75) is 13.0 Å². The fraction of sp³-hybridized carbons (Fsp3) is 0.200. The SMILES string of the molecule is COC(=O)C1=NN(c2ccc(C)cc2)[C@@H]2C(=O)N(c3ccc(Br)cc3)C(=O)[C@H]12. The van der Waals surface area contributed by atoms with E-state index in [9.17, 15) is 14.4 Å². The maximum absolute atomic E-state index is 13.2. The number of hydrogen-bond acceptors (Lipinski definition) is 6. The lowest BCUT2D eigenvalue weighted by Crippen LogP contribution is -2.39. The maximum Gasteiger partial charge on any atom is 0.355 e. The molecular formula is C20H16BrN3O4. The molecule has 4 rings (SSSR count). The molecule has 8 heteroatoms. The number of hydrazone groups is 1. The molecule has 28 heavy (non-hydrogen) atoms. The lowest BCUT2D eigenvalue weighted by Gasteiger charge is -2.22. The summed E-state index contributed by atoms with van der Waals surface area (Å²) in [6, 6.07) is 13.3. The average Bonchev–Trinajstić information content (AvgIpc) is 3.20. The van der Waals surface area contributed by atoms with Crippen LogP contribution in [0.4, 0.5) is 11.4 Å². The highest BCUT2D eigenvalue weighted by Crippen LogP contribution is 2.38. The van der Waals surface area contributed by atoms with Crippen LogP contribution in [-0.4, -0.2) is 36.6 Å². The van der Waals surface area contributed by atoms with Gasteiger partial charge in [0.05, 0.1) is 18.5 Å². The van der Waals surface area contributed by atoms with E-state index in [4.69, 9.17) is 4.74 Å². The molecule has 2 aliphatic heterocycles. The van der Waals surface area contributed by atoms with Gasteiger partial charge in [-0.1, -0.05) is 33.6 Å². The van der Waals surface area contributed by atoms with E-state index in [1.54, 1.807) is 36.4 Å². The summed E-state index contributed by atoms with van der Waals surface area (Å²) in [6.45, 7) is 1.94. The molecule has 0 saturated carbocycles. The van der Waals surface area contributed by atoms with Crippen molar-refractivity contribution in [2.24, 2.45) is 11.0 Å². The summed E-state index contributed by atoms with van der Waals surface area (Å²) in [5.41, 5.74) is 2.05. The van der Waals surface area contributed by atoms with Gasteiger partial charge in [0, 0.05) is 4.47 Å². The van der Waals surface area contributed by atoms with Gasteiger partial charge in [-0.25, -0.2) is 9.69 Å². The first-order valence-corrected chi connectivity index (χ1v) is 9.38. The van der Waals surface area contributed by atoms with Crippen LogP contribution in [0.3, 0.4) is 0 Å². The molecule has 0 aliphatic carbocycles. The third-order valence-corrected chi connectivity index (χ3v) is 5.36. The molecular weight excluding hydrogens is 426 g/mol. The Bertz CT molecular complexity index is 1000. The number of halogens is 1. The molecule has 0 aromatic heterocycles.